The molecular weight excluding hydrogens is 238 g/mol. The van der Waals surface area contributed by atoms with Crippen LogP contribution in [0, 0.1) is 0 Å². The molecule has 3 rings (SSSR count). The normalized spacial score (nSPS) is 10.8. The summed E-state index contributed by atoms with van der Waals surface area (Å²) in [5.41, 5.74) is 2.24. The van der Waals surface area contributed by atoms with Crippen molar-refractivity contribution < 1.29 is 0 Å². The molecule has 0 aliphatic heterocycles. The van der Waals surface area contributed by atoms with Gasteiger partial charge in [-0.1, -0.05) is 6.07 Å². The number of benzene rings is 1. The van der Waals surface area contributed by atoms with Gasteiger partial charge in [-0.3, -0.25) is 4.79 Å². The van der Waals surface area contributed by atoms with Gasteiger partial charge in [0.1, 0.15) is 0 Å². The Bertz CT molecular complexity index is 772. The van der Waals surface area contributed by atoms with Crippen LogP contribution >= 0.6 is 11.3 Å². The molecule has 6 heteroatoms. The summed E-state index contributed by atoms with van der Waals surface area (Å²) in [6.07, 6.45) is 1.34. The van der Waals surface area contributed by atoms with E-state index in [0.717, 1.165) is 14.8 Å². The van der Waals surface area contributed by atoms with Crippen LogP contribution in [0.4, 0.5) is 0 Å². The molecule has 2 aromatic heterocycles. The van der Waals surface area contributed by atoms with Crippen molar-refractivity contribution in [2.24, 2.45) is 0 Å². The number of fused-ring (bicyclic) bond motifs is 1. The van der Waals surface area contributed by atoms with E-state index in [-0.39, 0.29) is 5.56 Å². The van der Waals surface area contributed by atoms with Crippen molar-refractivity contribution >= 4 is 21.6 Å². The van der Waals surface area contributed by atoms with Gasteiger partial charge in [-0.15, -0.1) is 11.3 Å². The van der Waals surface area contributed by atoms with Gasteiger partial charge in [0.15, 0.2) is 0 Å². The topological polar surface area (TPSA) is 67.8 Å². The highest BCUT2D eigenvalue weighted by atomic mass is 32.1. The summed E-state index contributed by atoms with van der Waals surface area (Å²) in [5.74, 6) is 0. The summed E-state index contributed by atoms with van der Waals surface area (Å²) >= 11 is 1.40. The first-order valence-electron chi connectivity index (χ1n) is 4.91. The average Bonchev–Trinajstić information content (AvgIpc) is 2.77. The largest absolute Gasteiger partial charge is 0.333 e. The molecule has 0 spiro atoms. The predicted octanol–water partition coefficient (Wildman–Crippen LogP) is 1.14. The van der Waals surface area contributed by atoms with Crippen LogP contribution in [0.25, 0.3) is 15.9 Å². The Labute approximate surface area is 99.0 Å². The van der Waals surface area contributed by atoms with Crippen LogP contribution in [0.1, 0.15) is 0 Å². The van der Waals surface area contributed by atoms with Crippen LogP contribution in [0.2, 0.25) is 0 Å². The van der Waals surface area contributed by atoms with Crippen LogP contribution in [0.5, 0.6) is 0 Å². The maximum absolute atomic E-state index is 11.7. The summed E-state index contributed by atoms with van der Waals surface area (Å²) in [7, 11) is 0. The van der Waals surface area contributed by atoms with Crippen molar-refractivity contribution in [3.63, 3.8) is 0 Å². The molecule has 0 fully saturated rings. The lowest BCUT2D eigenvalue weighted by molar-refractivity contribution is 0.882. The number of hydrogen-bond acceptors (Lipinski definition) is 4. The molecule has 0 saturated heterocycles. The monoisotopic (exact) mass is 245 g/mol. The van der Waals surface area contributed by atoms with E-state index in [0.29, 0.717) is 5.69 Å². The first-order chi connectivity index (χ1) is 8.27. The van der Waals surface area contributed by atoms with E-state index in [1.807, 2.05) is 6.07 Å². The number of aromatic nitrogens is 3. The average molecular weight is 245 g/mol. The SMILES string of the molecule is O=c1cc[nH]c(=O)n1-c1cccc2ncsc12. The van der Waals surface area contributed by atoms with Crippen LogP contribution < -0.4 is 11.2 Å². The lowest BCUT2D eigenvalue weighted by Crippen LogP contribution is -2.32. The molecule has 0 bridgehead atoms. The Hall–Kier alpha value is -2.21. The Morgan fingerprint density at radius 2 is 2.12 bits per heavy atom. The minimum absolute atomic E-state index is 0.352. The number of nitrogens with one attached hydrogen (secondary N) is 1. The molecule has 5 nitrogen and oxygen atoms in total. The van der Waals surface area contributed by atoms with Gasteiger partial charge in [0, 0.05) is 12.3 Å². The summed E-state index contributed by atoms with van der Waals surface area (Å²) in [5, 5.41) is 0. The smallest absolute Gasteiger partial charge is 0.314 e. The molecule has 2 heterocycles. The molecule has 84 valence electrons. The van der Waals surface area contributed by atoms with E-state index in [2.05, 4.69) is 9.97 Å². The van der Waals surface area contributed by atoms with Gasteiger partial charge < -0.3 is 4.98 Å². The van der Waals surface area contributed by atoms with Crippen LogP contribution in [0.15, 0.2) is 45.6 Å². The molecule has 0 atom stereocenters. The van der Waals surface area contributed by atoms with Crippen molar-refractivity contribution in [1.82, 2.24) is 14.5 Å². The quantitative estimate of drug-likeness (QED) is 0.699. The molecule has 17 heavy (non-hydrogen) atoms. The van der Waals surface area contributed by atoms with Crippen molar-refractivity contribution in [3.8, 4) is 5.69 Å². The Morgan fingerprint density at radius 1 is 1.24 bits per heavy atom. The van der Waals surface area contributed by atoms with Crippen molar-refractivity contribution in [1.29, 1.82) is 0 Å². The third-order valence-electron chi connectivity index (χ3n) is 2.43. The molecule has 1 N–H and O–H groups in total. The van der Waals surface area contributed by atoms with Gasteiger partial charge in [-0.05, 0) is 12.1 Å². The van der Waals surface area contributed by atoms with Gasteiger partial charge in [0.25, 0.3) is 5.56 Å². The van der Waals surface area contributed by atoms with Crippen LogP contribution in [-0.4, -0.2) is 14.5 Å². The molecule has 1 aromatic carbocycles. The number of H-pyrrole nitrogens is 1. The van der Waals surface area contributed by atoms with Crippen LogP contribution in [-0.2, 0) is 0 Å². The Balaban J connectivity index is 2.47. The first-order valence-corrected chi connectivity index (χ1v) is 5.79. The maximum Gasteiger partial charge on any atom is 0.333 e. The third kappa shape index (κ3) is 1.50. The number of nitrogens with zero attached hydrogens (tertiary/aromatic N) is 2. The van der Waals surface area contributed by atoms with Gasteiger partial charge in [-0.2, -0.15) is 0 Å². The minimum atomic E-state index is -0.446. The first kappa shape index (κ1) is 9.98. The second-order valence-corrected chi connectivity index (χ2v) is 4.29. The molecule has 3 aromatic rings. The summed E-state index contributed by atoms with van der Waals surface area (Å²) in [4.78, 5) is 30.1. The Kier molecular flexibility index (Phi) is 2.15. The van der Waals surface area contributed by atoms with E-state index < -0.39 is 5.69 Å². The second kappa shape index (κ2) is 3.67. The van der Waals surface area contributed by atoms with Crippen molar-refractivity contribution in [2.45, 2.75) is 0 Å². The number of hydrogen-bond donors (Lipinski definition) is 1. The fraction of sp³-hybridized carbons (Fsp3) is 0. The van der Waals surface area contributed by atoms with Crippen LogP contribution in [0.3, 0.4) is 0 Å². The number of rotatable bonds is 1. The second-order valence-electron chi connectivity index (χ2n) is 3.43. The fourth-order valence-electron chi connectivity index (χ4n) is 1.70. The highest BCUT2D eigenvalue weighted by Crippen LogP contribution is 2.23. The number of thiazole rings is 1. The summed E-state index contributed by atoms with van der Waals surface area (Å²) < 4.78 is 1.94. The zero-order valence-corrected chi connectivity index (χ0v) is 9.40. The van der Waals surface area contributed by atoms with E-state index in [1.165, 1.54) is 23.6 Å². The lowest BCUT2D eigenvalue weighted by atomic mass is 10.3. The maximum atomic E-state index is 11.7. The summed E-state index contributed by atoms with van der Waals surface area (Å²) in [6.45, 7) is 0. The van der Waals surface area contributed by atoms with Crippen molar-refractivity contribution in [3.05, 3.63) is 56.8 Å². The molecule has 0 aliphatic carbocycles. The minimum Gasteiger partial charge on any atom is -0.314 e. The predicted molar refractivity (Wildman–Crippen MR) is 65.8 cm³/mol. The van der Waals surface area contributed by atoms with Crippen molar-refractivity contribution in [2.75, 3.05) is 0 Å². The Morgan fingerprint density at radius 3 is 2.94 bits per heavy atom. The molecular formula is C11H7N3O2S. The molecule has 0 unspecified atom stereocenters. The number of aromatic amines is 1. The summed E-state index contributed by atoms with van der Waals surface area (Å²) in [6, 6.07) is 6.67. The van der Waals surface area contributed by atoms with Gasteiger partial charge >= 0.3 is 5.69 Å². The third-order valence-corrected chi connectivity index (χ3v) is 3.30. The van der Waals surface area contributed by atoms with E-state index in [1.54, 1.807) is 17.6 Å². The van der Waals surface area contributed by atoms with E-state index >= 15 is 0 Å². The lowest BCUT2D eigenvalue weighted by Gasteiger charge is -2.03. The molecule has 0 aliphatic rings. The fourth-order valence-corrected chi connectivity index (χ4v) is 2.49. The van der Waals surface area contributed by atoms with Gasteiger partial charge in [-0.25, -0.2) is 14.3 Å². The molecule has 0 saturated carbocycles. The molecule has 0 amide bonds. The van der Waals surface area contributed by atoms with Gasteiger partial charge in [0.05, 0.1) is 21.4 Å². The molecule has 0 radical (unpaired) electrons. The van der Waals surface area contributed by atoms with E-state index in [4.69, 9.17) is 0 Å². The zero-order chi connectivity index (χ0) is 11.8. The standard InChI is InChI=1S/C11H7N3O2S/c15-9-4-5-12-11(16)14(9)8-3-1-2-7-10(8)17-6-13-7/h1-6H,(H,12,16). The van der Waals surface area contributed by atoms with E-state index in [9.17, 15) is 9.59 Å². The zero-order valence-electron chi connectivity index (χ0n) is 8.58. The highest BCUT2D eigenvalue weighted by molar-refractivity contribution is 7.17. The van der Waals surface area contributed by atoms with Gasteiger partial charge in [0.2, 0.25) is 0 Å². The highest BCUT2D eigenvalue weighted by Gasteiger charge is 2.09.